The van der Waals surface area contributed by atoms with E-state index in [9.17, 15) is 8.42 Å². The normalized spacial score (nSPS) is 19.3. The van der Waals surface area contributed by atoms with Crippen molar-refractivity contribution in [3.05, 3.63) is 30.3 Å². The van der Waals surface area contributed by atoms with Crippen molar-refractivity contribution in [1.82, 2.24) is 9.62 Å². The van der Waals surface area contributed by atoms with Crippen LogP contribution in [-0.2, 0) is 10.0 Å². The number of hydrogen-bond donors (Lipinski definition) is 1. The first-order valence-electron chi connectivity index (χ1n) is 9.75. The lowest BCUT2D eigenvalue weighted by molar-refractivity contribution is 0.0843. The van der Waals surface area contributed by atoms with Crippen LogP contribution in [0.15, 0.2) is 30.3 Å². The molecule has 1 aromatic rings. The minimum Gasteiger partial charge on any atom is -0.490 e. The van der Waals surface area contributed by atoms with Gasteiger partial charge >= 0.3 is 0 Å². The van der Waals surface area contributed by atoms with E-state index in [4.69, 9.17) is 4.74 Å². The monoisotopic (exact) mass is 382 g/mol. The van der Waals surface area contributed by atoms with Crippen molar-refractivity contribution in [1.29, 1.82) is 0 Å². The van der Waals surface area contributed by atoms with Crippen molar-refractivity contribution in [3.8, 4) is 5.75 Å². The molecule has 1 N–H and O–H groups in total. The Morgan fingerprint density at radius 1 is 1.00 bits per heavy atom. The van der Waals surface area contributed by atoms with Crippen LogP contribution in [0.4, 0.5) is 0 Å². The van der Waals surface area contributed by atoms with E-state index in [0.717, 1.165) is 44.5 Å². The lowest BCUT2D eigenvalue weighted by Crippen LogP contribution is -2.41. The summed E-state index contributed by atoms with van der Waals surface area (Å²) in [7, 11) is -2.94. The number of rotatable bonds is 6. The van der Waals surface area contributed by atoms with Crippen molar-refractivity contribution in [3.63, 3.8) is 0 Å². The Kier molecular flexibility index (Phi) is 7.92. The summed E-state index contributed by atoms with van der Waals surface area (Å²) in [6.07, 6.45) is 4.36. The molecule has 0 unspecified atom stereocenters. The van der Waals surface area contributed by atoms with Gasteiger partial charge in [0.2, 0.25) is 10.0 Å². The zero-order valence-corrected chi connectivity index (χ0v) is 17.3. The van der Waals surface area contributed by atoms with Crippen molar-refractivity contribution < 1.29 is 13.2 Å². The molecule has 0 atom stereocenters. The number of piperidine rings is 1. The number of sulfonamides is 1. The maximum atomic E-state index is 11.1. The average molecular weight is 383 g/mol. The molecule has 1 saturated heterocycles. The highest BCUT2D eigenvalue weighted by Gasteiger charge is 2.35. The predicted molar refractivity (Wildman–Crippen MR) is 107 cm³/mol. The molecule has 148 valence electrons. The van der Waals surface area contributed by atoms with Crippen LogP contribution in [0.25, 0.3) is 0 Å². The van der Waals surface area contributed by atoms with E-state index in [2.05, 4.69) is 23.5 Å². The fraction of sp³-hybridized carbons (Fsp3) is 0.700. The van der Waals surface area contributed by atoms with Gasteiger partial charge in [-0.3, -0.25) is 0 Å². The van der Waals surface area contributed by atoms with Crippen LogP contribution in [0.1, 0.15) is 53.4 Å². The van der Waals surface area contributed by atoms with Crippen LogP contribution in [0.5, 0.6) is 5.75 Å². The fourth-order valence-corrected chi connectivity index (χ4v) is 4.61. The molecular weight excluding hydrogens is 348 g/mol. The summed E-state index contributed by atoms with van der Waals surface area (Å²) in [4.78, 5) is 2.52. The first kappa shape index (κ1) is 21.2. The SMILES string of the molecule is CC(C)N1CCC(Oc2ccccc2)CC1.CC(C)NS(=O)(=O)C1CC1. The number of nitrogens with one attached hydrogen (secondary N) is 1. The van der Waals surface area contributed by atoms with Gasteiger partial charge < -0.3 is 9.64 Å². The third-order valence-corrected chi connectivity index (χ3v) is 6.77. The van der Waals surface area contributed by atoms with Gasteiger partial charge in [0.15, 0.2) is 0 Å². The maximum Gasteiger partial charge on any atom is 0.214 e. The Hall–Kier alpha value is -1.11. The van der Waals surface area contributed by atoms with E-state index >= 15 is 0 Å². The zero-order chi connectivity index (χ0) is 19.2. The Balaban J connectivity index is 0.000000209. The third kappa shape index (κ3) is 7.25. The molecular formula is C20H34N2O3S. The third-order valence-electron chi connectivity index (χ3n) is 4.62. The quantitative estimate of drug-likeness (QED) is 0.819. The molecule has 3 rings (SSSR count). The largest absolute Gasteiger partial charge is 0.490 e. The van der Waals surface area contributed by atoms with Gasteiger partial charge in [-0.15, -0.1) is 0 Å². The summed E-state index contributed by atoms with van der Waals surface area (Å²) in [5, 5.41) is -0.0881. The second kappa shape index (κ2) is 9.72. The minimum atomic E-state index is -2.94. The van der Waals surface area contributed by atoms with Gasteiger partial charge in [-0.05, 0) is 65.5 Å². The van der Waals surface area contributed by atoms with E-state index in [0.29, 0.717) is 12.1 Å². The molecule has 1 aliphatic carbocycles. The van der Waals surface area contributed by atoms with Crippen LogP contribution >= 0.6 is 0 Å². The van der Waals surface area contributed by atoms with E-state index in [-0.39, 0.29) is 11.3 Å². The van der Waals surface area contributed by atoms with Gasteiger partial charge in [0.1, 0.15) is 11.9 Å². The molecule has 0 amide bonds. The molecule has 2 fully saturated rings. The first-order valence-corrected chi connectivity index (χ1v) is 11.3. The molecule has 1 aliphatic heterocycles. The van der Waals surface area contributed by atoms with Crippen LogP contribution in [-0.4, -0.2) is 49.8 Å². The summed E-state index contributed by atoms with van der Waals surface area (Å²) >= 11 is 0. The summed E-state index contributed by atoms with van der Waals surface area (Å²) in [5.41, 5.74) is 0. The highest BCUT2D eigenvalue weighted by molar-refractivity contribution is 7.90. The molecule has 0 aromatic heterocycles. The molecule has 6 heteroatoms. The second-order valence-electron chi connectivity index (χ2n) is 7.78. The van der Waals surface area contributed by atoms with E-state index < -0.39 is 10.0 Å². The van der Waals surface area contributed by atoms with E-state index in [1.807, 2.05) is 44.2 Å². The van der Waals surface area contributed by atoms with Crippen molar-refractivity contribution >= 4 is 10.0 Å². The van der Waals surface area contributed by atoms with Gasteiger partial charge in [-0.1, -0.05) is 18.2 Å². The Bertz CT molecular complexity index is 620. The zero-order valence-electron chi connectivity index (χ0n) is 16.5. The van der Waals surface area contributed by atoms with Crippen LogP contribution in [0.3, 0.4) is 0 Å². The molecule has 1 aromatic carbocycles. The van der Waals surface area contributed by atoms with Gasteiger partial charge in [0, 0.05) is 25.2 Å². The number of benzene rings is 1. The number of para-hydroxylation sites is 1. The molecule has 2 aliphatic rings. The summed E-state index contributed by atoms with van der Waals surface area (Å²) < 4.78 is 30.7. The Morgan fingerprint density at radius 3 is 2.04 bits per heavy atom. The van der Waals surface area contributed by atoms with Crippen molar-refractivity contribution in [2.24, 2.45) is 0 Å². The highest BCUT2D eigenvalue weighted by Crippen LogP contribution is 2.27. The Morgan fingerprint density at radius 2 is 1.58 bits per heavy atom. The summed E-state index contributed by atoms with van der Waals surface area (Å²) in [6, 6.07) is 10.8. The summed E-state index contributed by atoms with van der Waals surface area (Å²) in [5.74, 6) is 1.01. The van der Waals surface area contributed by atoms with Gasteiger partial charge in [0.25, 0.3) is 0 Å². The van der Waals surface area contributed by atoms with Crippen LogP contribution < -0.4 is 9.46 Å². The standard InChI is InChI=1S/C14H21NO.C6H13NO2S/c1-12(2)15-10-8-14(9-11-15)16-13-6-4-3-5-7-13;1-5(2)7-10(8,9)6-3-4-6/h3-7,12,14H,8-11H2,1-2H3;5-7H,3-4H2,1-2H3. The predicted octanol–water partition coefficient (Wildman–Crippen LogP) is 3.41. The molecule has 0 spiro atoms. The number of nitrogens with zero attached hydrogens (tertiary/aromatic N) is 1. The van der Waals surface area contributed by atoms with Gasteiger partial charge in [-0.25, -0.2) is 13.1 Å². The molecule has 1 saturated carbocycles. The molecule has 0 radical (unpaired) electrons. The second-order valence-corrected chi connectivity index (χ2v) is 9.77. The van der Waals surface area contributed by atoms with Gasteiger partial charge in [0.05, 0.1) is 5.25 Å². The smallest absolute Gasteiger partial charge is 0.214 e. The topological polar surface area (TPSA) is 58.6 Å². The number of hydrogen-bond acceptors (Lipinski definition) is 4. The lowest BCUT2D eigenvalue weighted by Gasteiger charge is -2.34. The van der Waals surface area contributed by atoms with Gasteiger partial charge in [-0.2, -0.15) is 0 Å². The minimum absolute atomic E-state index is 0.0330. The van der Waals surface area contributed by atoms with E-state index in [1.165, 1.54) is 0 Å². The lowest BCUT2D eigenvalue weighted by atomic mass is 10.1. The molecule has 0 bridgehead atoms. The Labute approximate surface area is 159 Å². The fourth-order valence-electron chi connectivity index (χ4n) is 3.00. The molecule has 26 heavy (non-hydrogen) atoms. The first-order chi connectivity index (χ1) is 12.3. The number of ether oxygens (including phenoxy) is 1. The average Bonchev–Trinajstić information content (AvgIpc) is 3.41. The molecule has 5 nitrogen and oxygen atoms in total. The summed E-state index contributed by atoms with van der Waals surface area (Å²) in [6.45, 7) is 10.5. The van der Waals surface area contributed by atoms with Crippen molar-refractivity contribution in [2.45, 2.75) is 76.8 Å². The molecule has 1 heterocycles. The van der Waals surface area contributed by atoms with Crippen LogP contribution in [0, 0.1) is 0 Å². The highest BCUT2D eigenvalue weighted by atomic mass is 32.2. The van der Waals surface area contributed by atoms with E-state index in [1.54, 1.807) is 0 Å². The number of likely N-dealkylation sites (tertiary alicyclic amines) is 1. The van der Waals surface area contributed by atoms with Crippen molar-refractivity contribution in [2.75, 3.05) is 13.1 Å². The van der Waals surface area contributed by atoms with Crippen LogP contribution in [0.2, 0.25) is 0 Å². The maximum absolute atomic E-state index is 11.1.